The topological polar surface area (TPSA) is 83.6 Å². The standard InChI is InChI=1S/C18H22N2O5/c1-11(2)19-12(3)8-15(13(19)4)17(21)10-25-18-7-6-14(24-5)9-16(18)20(22)23/h6-9,11H,10H2,1-5H3. The van der Waals surface area contributed by atoms with E-state index in [0.717, 1.165) is 11.4 Å². The van der Waals surface area contributed by atoms with Gasteiger partial charge in [0.15, 0.2) is 12.4 Å². The summed E-state index contributed by atoms with van der Waals surface area (Å²) in [5.74, 6) is 0.174. The number of nitro benzene ring substituents is 1. The molecule has 0 saturated carbocycles. The summed E-state index contributed by atoms with van der Waals surface area (Å²) in [4.78, 5) is 23.1. The number of ether oxygens (including phenoxy) is 2. The minimum atomic E-state index is -0.563. The molecular formula is C18H22N2O5. The summed E-state index contributed by atoms with van der Waals surface area (Å²) in [5.41, 5.74) is 2.19. The van der Waals surface area contributed by atoms with Gasteiger partial charge in [-0.1, -0.05) is 0 Å². The zero-order valence-corrected chi connectivity index (χ0v) is 15.0. The van der Waals surface area contributed by atoms with Gasteiger partial charge in [0.2, 0.25) is 5.78 Å². The minimum absolute atomic E-state index is 0.0387. The Morgan fingerprint density at radius 2 is 1.96 bits per heavy atom. The van der Waals surface area contributed by atoms with Gasteiger partial charge >= 0.3 is 5.69 Å². The van der Waals surface area contributed by atoms with Gasteiger partial charge in [-0.3, -0.25) is 14.9 Å². The molecule has 0 aliphatic heterocycles. The Balaban J connectivity index is 2.21. The summed E-state index contributed by atoms with van der Waals surface area (Å²) in [7, 11) is 1.42. The lowest BCUT2D eigenvalue weighted by atomic mass is 10.1. The normalized spacial score (nSPS) is 10.8. The van der Waals surface area contributed by atoms with Crippen molar-refractivity contribution in [2.24, 2.45) is 0 Å². The maximum absolute atomic E-state index is 12.5. The van der Waals surface area contributed by atoms with Gasteiger partial charge in [0.05, 0.1) is 18.1 Å². The summed E-state index contributed by atoms with van der Waals surface area (Å²) >= 11 is 0. The van der Waals surface area contributed by atoms with Gasteiger partial charge in [0.1, 0.15) is 5.75 Å². The van der Waals surface area contributed by atoms with Gasteiger partial charge in [-0.2, -0.15) is 0 Å². The number of aryl methyl sites for hydroxylation is 1. The van der Waals surface area contributed by atoms with Crippen LogP contribution in [0.2, 0.25) is 0 Å². The Hall–Kier alpha value is -2.83. The molecular weight excluding hydrogens is 324 g/mol. The number of carbonyl (C=O) groups excluding carboxylic acids is 1. The first-order chi connectivity index (χ1) is 11.8. The number of nitrogens with zero attached hydrogens (tertiary/aromatic N) is 2. The van der Waals surface area contributed by atoms with Crippen molar-refractivity contribution in [3.05, 3.63) is 51.3 Å². The van der Waals surface area contributed by atoms with Crippen LogP contribution in [-0.2, 0) is 0 Å². The van der Waals surface area contributed by atoms with Gasteiger partial charge < -0.3 is 14.0 Å². The van der Waals surface area contributed by atoms with E-state index in [-0.39, 0.29) is 29.9 Å². The maximum atomic E-state index is 12.5. The molecule has 2 rings (SSSR count). The number of carbonyl (C=O) groups is 1. The lowest BCUT2D eigenvalue weighted by Gasteiger charge is -2.13. The molecule has 2 aromatic rings. The summed E-state index contributed by atoms with van der Waals surface area (Å²) in [6.07, 6.45) is 0. The van der Waals surface area contributed by atoms with Crippen molar-refractivity contribution in [2.75, 3.05) is 13.7 Å². The van der Waals surface area contributed by atoms with Crippen LogP contribution in [0.25, 0.3) is 0 Å². The molecule has 0 N–H and O–H groups in total. The molecule has 0 aliphatic rings. The van der Waals surface area contributed by atoms with Crippen LogP contribution in [-0.4, -0.2) is 29.0 Å². The highest BCUT2D eigenvalue weighted by Gasteiger charge is 2.21. The Morgan fingerprint density at radius 3 is 2.48 bits per heavy atom. The monoisotopic (exact) mass is 346 g/mol. The number of ketones is 1. The molecule has 1 aromatic carbocycles. The molecule has 0 amide bonds. The fourth-order valence-electron chi connectivity index (χ4n) is 2.96. The van der Waals surface area contributed by atoms with Crippen LogP contribution < -0.4 is 9.47 Å². The van der Waals surface area contributed by atoms with E-state index >= 15 is 0 Å². The first-order valence-corrected chi connectivity index (χ1v) is 7.93. The summed E-state index contributed by atoms with van der Waals surface area (Å²) in [6.45, 7) is 7.65. The predicted octanol–water partition coefficient (Wildman–Crippen LogP) is 3.86. The predicted molar refractivity (Wildman–Crippen MR) is 93.8 cm³/mol. The number of rotatable bonds is 7. The Morgan fingerprint density at radius 1 is 1.28 bits per heavy atom. The van der Waals surface area contributed by atoms with Crippen LogP contribution >= 0.6 is 0 Å². The third-order valence-electron chi connectivity index (χ3n) is 4.02. The average molecular weight is 346 g/mol. The molecule has 1 aromatic heterocycles. The molecule has 7 heteroatoms. The van der Waals surface area contributed by atoms with Crippen LogP contribution in [0.5, 0.6) is 11.5 Å². The number of nitro groups is 1. The van der Waals surface area contributed by atoms with Crippen LogP contribution in [0.15, 0.2) is 24.3 Å². The molecule has 0 atom stereocenters. The van der Waals surface area contributed by atoms with Crippen molar-refractivity contribution in [1.29, 1.82) is 0 Å². The number of Topliss-reactive ketones (excluding diaryl/α,β-unsaturated/α-hetero) is 1. The number of benzene rings is 1. The van der Waals surface area contributed by atoms with Crippen LogP contribution in [0.3, 0.4) is 0 Å². The SMILES string of the molecule is COc1ccc(OCC(=O)c2cc(C)n(C(C)C)c2C)c([N+](=O)[O-])c1. The second-order valence-corrected chi connectivity index (χ2v) is 6.05. The third-order valence-corrected chi connectivity index (χ3v) is 4.02. The van der Waals surface area contributed by atoms with E-state index in [1.165, 1.54) is 19.2 Å². The molecule has 1 heterocycles. The second kappa shape index (κ2) is 7.38. The van der Waals surface area contributed by atoms with E-state index < -0.39 is 4.92 Å². The molecule has 25 heavy (non-hydrogen) atoms. The Labute approximate surface area is 146 Å². The average Bonchev–Trinajstić information content (AvgIpc) is 2.87. The molecule has 0 fully saturated rings. The zero-order valence-electron chi connectivity index (χ0n) is 15.0. The van der Waals surface area contributed by atoms with Crippen molar-refractivity contribution in [3.63, 3.8) is 0 Å². The fourth-order valence-corrected chi connectivity index (χ4v) is 2.96. The Kier molecular flexibility index (Phi) is 5.46. The highest BCUT2D eigenvalue weighted by Crippen LogP contribution is 2.31. The van der Waals surface area contributed by atoms with Crippen LogP contribution in [0.1, 0.15) is 41.6 Å². The van der Waals surface area contributed by atoms with E-state index in [9.17, 15) is 14.9 Å². The number of hydrogen-bond acceptors (Lipinski definition) is 5. The van der Waals surface area contributed by atoms with Crippen molar-refractivity contribution in [1.82, 2.24) is 4.57 Å². The van der Waals surface area contributed by atoms with Gasteiger partial charge in [0.25, 0.3) is 0 Å². The number of aromatic nitrogens is 1. The molecule has 0 spiro atoms. The summed E-state index contributed by atoms with van der Waals surface area (Å²) in [5, 5.41) is 11.2. The molecule has 0 unspecified atom stereocenters. The molecule has 0 radical (unpaired) electrons. The van der Waals surface area contributed by atoms with Crippen molar-refractivity contribution < 1.29 is 19.2 Å². The third kappa shape index (κ3) is 3.81. The molecule has 0 bridgehead atoms. The minimum Gasteiger partial charge on any atom is -0.496 e. The van der Waals surface area contributed by atoms with Gasteiger partial charge in [0, 0.05) is 23.0 Å². The lowest BCUT2D eigenvalue weighted by Crippen LogP contribution is -2.14. The number of methoxy groups -OCH3 is 1. The van der Waals surface area contributed by atoms with Crippen molar-refractivity contribution in [3.8, 4) is 11.5 Å². The summed E-state index contributed by atoms with van der Waals surface area (Å²) in [6, 6.07) is 6.32. The quantitative estimate of drug-likeness (QED) is 0.432. The van der Waals surface area contributed by atoms with Crippen LogP contribution in [0, 0.1) is 24.0 Å². The lowest BCUT2D eigenvalue weighted by molar-refractivity contribution is -0.385. The highest BCUT2D eigenvalue weighted by atomic mass is 16.6. The zero-order chi connectivity index (χ0) is 18.7. The van der Waals surface area contributed by atoms with Gasteiger partial charge in [-0.15, -0.1) is 0 Å². The van der Waals surface area contributed by atoms with Gasteiger partial charge in [-0.05, 0) is 45.9 Å². The highest BCUT2D eigenvalue weighted by molar-refractivity contribution is 5.98. The van der Waals surface area contributed by atoms with E-state index in [2.05, 4.69) is 4.57 Å². The molecule has 0 saturated heterocycles. The van der Waals surface area contributed by atoms with E-state index in [1.54, 1.807) is 6.07 Å². The van der Waals surface area contributed by atoms with Gasteiger partial charge in [-0.25, -0.2) is 0 Å². The molecule has 7 nitrogen and oxygen atoms in total. The van der Waals surface area contributed by atoms with Crippen molar-refractivity contribution >= 4 is 11.5 Å². The molecule has 134 valence electrons. The number of hydrogen-bond donors (Lipinski definition) is 0. The Bertz CT molecular complexity index is 808. The maximum Gasteiger partial charge on any atom is 0.314 e. The van der Waals surface area contributed by atoms with Crippen molar-refractivity contribution in [2.45, 2.75) is 33.7 Å². The second-order valence-electron chi connectivity index (χ2n) is 6.05. The largest absolute Gasteiger partial charge is 0.496 e. The smallest absolute Gasteiger partial charge is 0.314 e. The molecule has 0 aliphatic carbocycles. The van der Waals surface area contributed by atoms with Crippen LogP contribution in [0.4, 0.5) is 5.69 Å². The first-order valence-electron chi connectivity index (χ1n) is 7.93. The summed E-state index contributed by atoms with van der Waals surface area (Å²) < 4.78 is 12.5. The van der Waals surface area contributed by atoms with E-state index in [4.69, 9.17) is 9.47 Å². The fraction of sp³-hybridized carbons (Fsp3) is 0.389. The first kappa shape index (κ1) is 18.5. The van der Waals surface area contributed by atoms with E-state index in [1.807, 2.05) is 33.8 Å². The van der Waals surface area contributed by atoms with E-state index in [0.29, 0.717) is 11.3 Å².